The zero-order valence-corrected chi connectivity index (χ0v) is 8.47. The van der Waals surface area contributed by atoms with Crippen LogP contribution in [0, 0.1) is 11.3 Å². The van der Waals surface area contributed by atoms with E-state index < -0.39 is 0 Å². The molecular weight excluding hydrogens is 192 g/mol. The average Bonchev–Trinajstić information content (AvgIpc) is 2.65. The Balaban J connectivity index is 2.14. The Bertz CT molecular complexity index is 467. The maximum Gasteiger partial charge on any atom is 0.0640 e. The molecular formula is C11H10N2S. The van der Waals surface area contributed by atoms with E-state index in [1.807, 2.05) is 0 Å². The van der Waals surface area contributed by atoms with Gasteiger partial charge in [0.1, 0.15) is 0 Å². The molecule has 70 valence electrons. The molecule has 0 saturated carbocycles. The molecule has 1 aromatic carbocycles. The predicted octanol–water partition coefficient (Wildman–Crippen LogP) is 3.23. The van der Waals surface area contributed by atoms with Gasteiger partial charge >= 0.3 is 0 Å². The standard InChI is InChI=1S/C11H10N2S/c12-5-1-6-13-10-2-3-11-9(8-10)4-7-14-11/h2-4,7-8,13H,1,6H2. The second kappa shape index (κ2) is 4.12. The Morgan fingerprint density at radius 3 is 3.14 bits per heavy atom. The van der Waals surface area contributed by atoms with Gasteiger partial charge in [0.2, 0.25) is 0 Å². The second-order valence-electron chi connectivity index (χ2n) is 3.01. The Morgan fingerprint density at radius 1 is 1.36 bits per heavy atom. The van der Waals surface area contributed by atoms with Crippen molar-refractivity contribution in [1.29, 1.82) is 5.26 Å². The van der Waals surface area contributed by atoms with Crippen LogP contribution >= 0.6 is 11.3 Å². The van der Waals surface area contributed by atoms with Crippen LogP contribution in [-0.2, 0) is 0 Å². The first-order chi connectivity index (χ1) is 6.90. The smallest absolute Gasteiger partial charge is 0.0640 e. The van der Waals surface area contributed by atoms with Gasteiger partial charge in [0, 0.05) is 16.9 Å². The van der Waals surface area contributed by atoms with Gasteiger partial charge in [0.05, 0.1) is 12.5 Å². The monoisotopic (exact) mass is 202 g/mol. The molecule has 2 nitrogen and oxygen atoms in total. The molecule has 0 unspecified atom stereocenters. The van der Waals surface area contributed by atoms with Crippen LogP contribution in [0.1, 0.15) is 6.42 Å². The van der Waals surface area contributed by atoms with Gasteiger partial charge in [-0.1, -0.05) is 0 Å². The number of benzene rings is 1. The number of fused-ring (bicyclic) bond motifs is 1. The third-order valence-electron chi connectivity index (χ3n) is 2.02. The molecule has 14 heavy (non-hydrogen) atoms. The molecule has 0 saturated heterocycles. The fourth-order valence-electron chi connectivity index (χ4n) is 1.34. The Hall–Kier alpha value is -1.53. The Morgan fingerprint density at radius 2 is 2.29 bits per heavy atom. The summed E-state index contributed by atoms with van der Waals surface area (Å²) in [4.78, 5) is 0. The van der Waals surface area contributed by atoms with Crippen LogP contribution in [0.15, 0.2) is 29.6 Å². The van der Waals surface area contributed by atoms with Crippen LogP contribution in [0.2, 0.25) is 0 Å². The lowest BCUT2D eigenvalue weighted by Gasteiger charge is -2.02. The maximum absolute atomic E-state index is 8.39. The number of hydrogen-bond donors (Lipinski definition) is 1. The molecule has 1 N–H and O–H groups in total. The lowest BCUT2D eigenvalue weighted by molar-refractivity contribution is 1.08. The normalized spacial score (nSPS) is 9.93. The molecule has 2 aromatic rings. The van der Waals surface area contributed by atoms with Gasteiger partial charge in [-0.3, -0.25) is 0 Å². The summed E-state index contributed by atoms with van der Waals surface area (Å²) in [7, 11) is 0. The summed E-state index contributed by atoms with van der Waals surface area (Å²) in [6.45, 7) is 0.714. The van der Waals surface area contributed by atoms with Crippen LogP contribution in [0.5, 0.6) is 0 Å². The van der Waals surface area contributed by atoms with Gasteiger partial charge in [-0.05, 0) is 35.0 Å². The van der Waals surface area contributed by atoms with E-state index in [0.29, 0.717) is 13.0 Å². The quantitative estimate of drug-likeness (QED) is 0.776. The highest BCUT2D eigenvalue weighted by atomic mass is 32.1. The van der Waals surface area contributed by atoms with Crippen LogP contribution in [-0.4, -0.2) is 6.54 Å². The van der Waals surface area contributed by atoms with Crippen molar-refractivity contribution in [2.24, 2.45) is 0 Å². The summed E-state index contributed by atoms with van der Waals surface area (Å²) in [5.74, 6) is 0. The summed E-state index contributed by atoms with van der Waals surface area (Å²) in [6.07, 6.45) is 0.543. The maximum atomic E-state index is 8.39. The molecule has 0 fully saturated rings. The number of rotatable bonds is 3. The molecule has 1 heterocycles. The van der Waals surface area contributed by atoms with Crippen molar-refractivity contribution >= 4 is 27.1 Å². The summed E-state index contributed by atoms with van der Waals surface area (Å²) in [6, 6.07) is 10.5. The molecule has 3 heteroatoms. The number of nitrogens with one attached hydrogen (secondary N) is 1. The van der Waals surface area contributed by atoms with E-state index in [1.165, 1.54) is 10.1 Å². The molecule has 0 aliphatic heterocycles. The van der Waals surface area contributed by atoms with Gasteiger partial charge in [-0.25, -0.2) is 0 Å². The lowest BCUT2D eigenvalue weighted by atomic mass is 10.2. The minimum absolute atomic E-state index is 0.543. The molecule has 0 amide bonds. The summed E-state index contributed by atoms with van der Waals surface area (Å²) in [5.41, 5.74) is 1.09. The van der Waals surface area contributed by atoms with E-state index in [1.54, 1.807) is 11.3 Å². The highest BCUT2D eigenvalue weighted by Gasteiger charge is 1.96. The third-order valence-corrected chi connectivity index (χ3v) is 2.92. The lowest BCUT2D eigenvalue weighted by Crippen LogP contribution is -1.99. The number of nitrogens with zero attached hydrogens (tertiary/aromatic N) is 1. The molecule has 0 bridgehead atoms. The minimum Gasteiger partial charge on any atom is -0.384 e. The van der Waals surface area contributed by atoms with Gasteiger partial charge in [-0.2, -0.15) is 5.26 Å². The number of hydrogen-bond acceptors (Lipinski definition) is 3. The van der Waals surface area contributed by atoms with Crippen LogP contribution in [0.25, 0.3) is 10.1 Å². The first-order valence-electron chi connectivity index (χ1n) is 4.48. The fraction of sp³-hybridized carbons (Fsp3) is 0.182. The second-order valence-corrected chi connectivity index (χ2v) is 3.96. The molecule has 2 rings (SSSR count). The van der Waals surface area contributed by atoms with E-state index in [2.05, 4.69) is 41.0 Å². The first-order valence-corrected chi connectivity index (χ1v) is 5.36. The van der Waals surface area contributed by atoms with E-state index in [4.69, 9.17) is 5.26 Å². The SMILES string of the molecule is N#CCCNc1ccc2sccc2c1. The largest absolute Gasteiger partial charge is 0.384 e. The van der Waals surface area contributed by atoms with Gasteiger partial charge in [-0.15, -0.1) is 11.3 Å². The van der Waals surface area contributed by atoms with Gasteiger partial charge in [0.15, 0.2) is 0 Å². The van der Waals surface area contributed by atoms with Crippen molar-refractivity contribution in [3.8, 4) is 6.07 Å². The van der Waals surface area contributed by atoms with Crippen molar-refractivity contribution in [2.45, 2.75) is 6.42 Å². The van der Waals surface area contributed by atoms with E-state index >= 15 is 0 Å². The zero-order chi connectivity index (χ0) is 9.80. The topological polar surface area (TPSA) is 35.8 Å². The Labute approximate surface area is 86.8 Å². The predicted molar refractivity (Wildman–Crippen MR) is 60.5 cm³/mol. The molecule has 0 aliphatic rings. The zero-order valence-electron chi connectivity index (χ0n) is 7.66. The van der Waals surface area contributed by atoms with Crippen molar-refractivity contribution in [3.05, 3.63) is 29.6 Å². The van der Waals surface area contributed by atoms with E-state index in [0.717, 1.165) is 5.69 Å². The summed E-state index contributed by atoms with van der Waals surface area (Å²) in [5, 5.41) is 15.0. The molecule has 0 aliphatic carbocycles. The summed E-state index contributed by atoms with van der Waals surface area (Å²) < 4.78 is 1.30. The molecule has 0 atom stereocenters. The fourth-order valence-corrected chi connectivity index (χ4v) is 2.11. The van der Waals surface area contributed by atoms with Crippen molar-refractivity contribution < 1.29 is 0 Å². The first kappa shape index (κ1) is 9.04. The number of anilines is 1. The van der Waals surface area contributed by atoms with E-state index in [9.17, 15) is 0 Å². The highest BCUT2D eigenvalue weighted by molar-refractivity contribution is 7.17. The minimum atomic E-state index is 0.543. The number of nitriles is 1. The summed E-state index contributed by atoms with van der Waals surface area (Å²) >= 11 is 1.74. The van der Waals surface area contributed by atoms with Crippen molar-refractivity contribution in [2.75, 3.05) is 11.9 Å². The highest BCUT2D eigenvalue weighted by Crippen LogP contribution is 2.23. The third kappa shape index (κ3) is 1.86. The van der Waals surface area contributed by atoms with Gasteiger partial charge < -0.3 is 5.32 Å². The molecule has 0 radical (unpaired) electrons. The average molecular weight is 202 g/mol. The number of thiophene rings is 1. The van der Waals surface area contributed by atoms with Crippen LogP contribution in [0.4, 0.5) is 5.69 Å². The van der Waals surface area contributed by atoms with E-state index in [-0.39, 0.29) is 0 Å². The Kier molecular flexibility index (Phi) is 2.66. The molecule has 1 aromatic heterocycles. The van der Waals surface area contributed by atoms with Gasteiger partial charge in [0.25, 0.3) is 0 Å². The van der Waals surface area contributed by atoms with Crippen LogP contribution < -0.4 is 5.32 Å². The van der Waals surface area contributed by atoms with Crippen LogP contribution in [0.3, 0.4) is 0 Å². The molecule has 0 spiro atoms. The van der Waals surface area contributed by atoms with Crippen molar-refractivity contribution in [3.63, 3.8) is 0 Å². The van der Waals surface area contributed by atoms with Crippen molar-refractivity contribution in [1.82, 2.24) is 0 Å².